The number of anilines is 1. The summed E-state index contributed by atoms with van der Waals surface area (Å²) in [4.78, 5) is 31.5. The maximum atomic E-state index is 12.5. The lowest BCUT2D eigenvalue weighted by Crippen LogP contribution is -2.35. The molecule has 1 saturated heterocycles. The smallest absolute Gasteiger partial charge is 0.274 e. The molecule has 3 aromatic rings. The van der Waals surface area contributed by atoms with Gasteiger partial charge in [0.2, 0.25) is 5.91 Å². The van der Waals surface area contributed by atoms with Crippen molar-refractivity contribution in [2.45, 2.75) is 13.0 Å². The van der Waals surface area contributed by atoms with Gasteiger partial charge < -0.3 is 10.1 Å². The second-order valence-corrected chi connectivity index (χ2v) is 7.54. The molecule has 0 atom stereocenters. The predicted octanol–water partition coefficient (Wildman–Crippen LogP) is 1.40. The quantitative estimate of drug-likeness (QED) is 0.698. The van der Waals surface area contributed by atoms with Crippen molar-refractivity contribution in [2.24, 2.45) is 7.05 Å². The first-order valence-corrected chi connectivity index (χ1v) is 9.97. The topological polar surface area (TPSA) is 89.3 Å². The van der Waals surface area contributed by atoms with Crippen LogP contribution in [0.25, 0.3) is 10.8 Å². The minimum Gasteiger partial charge on any atom is -0.379 e. The first-order valence-electron chi connectivity index (χ1n) is 9.09. The van der Waals surface area contributed by atoms with Gasteiger partial charge in [-0.05, 0) is 6.07 Å². The highest BCUT2D eigenvalue weighted by molar-refractivity contribution is 7.13. The lowest BCUT2D eigenvalue weighted by Gasteiger charge is -2.25. The van der Waals surface area contributed by atoms with E-state index in [1.54, 1.807) is 19.2 Å². The summed E-state index contributed by atoms with van der Waals surface area (Å²) in [5, 5.41) is 10.9. The van der Waals surface area contributed by atoms with E-state index < -0.39 is 0 Å². The number of benzene rings is 1. The third-order valence-corrected chi connectivity index (χ3v) is 5.45. The van der Waals surface area contributed by atoms with Crippen LogP contribution >= 0.6 is 11.3 Å². The lowest BCUT2D eigenvalue weighted by molar-refractivity contribution is -0.115. The summed E-state index contributed by atoms with van der Waals surface area (Å²) in [7, 11) is 1.59. The van der Waals surface area contributed by atoms with E-state index in [-0.39, 0.29) is 17.9 Å². The number of aromatic nitrogens is 3. The van der Waals surface area contributed by atoms with Gasteiger partial charge in [0.1, 0.15) is 0 Å². The minimum absolute atomic E-state index is 0.0764. The Morgan fingerprint density at radius 1 is 1.25 bits per heavy atom. The Bertz CT molecular complexity index is 1060. The SMILES string of the molecule is Cn1nc(CC(=O)Nc2nc(CN3CCOCC3)cs2)c2ccccc2c1=O. The van der Waals surface area contributed by atoms with Gasteiger partial charge in [0, 0.05) is 37.4 Å². The Morgan fingerprint density at radius 3 is 2.79 bits per heavy atom. The van der Waals surface area contributed by atoms with Crippen LogP contribution in [0.15, 0.2) is 34.4 Å². The molecule has 1 amide bonds. The Morgan fingerprint density at radius 2 is 2.00 bits per heavy atom. The number of carbonyl (C=O) groups excluding carboxylic acids is 1. The van der Waals surface area contributed by atoms with E-state index in [0.717, 1.165) is 38.5 Å². The summed E-state index contributed by atoms with van der Waals surface area (Å²) in [6.45, 7) is 4.03. The Balaban J connectivity index is 1.45. The van der Waals surface area contributed by atoms with Gasteiger partial charge >= 0.3 is 0 Å². The maximum Gasteiger partial charge on any atom is 0.274 e. The standard InChI is InChI=1S/C19H21N5O3S/c1-23-18(26)15-5-3-2-4-14(15)16(22-23)10-17(25)21-19-20-13(12-28-19)11-24-6-8-27-9-7-24/h2-5,12H,6-11H2,1H3,(H,20,21,25). The molecule has 0 spiro atoms. The molecule has 9 heteroatoms. The molecule has 1 aromatic carbocycles. The fourth-order valence-corrected chi connectivity index (χ4v) is 3.97. The van der Waals surface area contributed by atoms with Crippen LogP contribution in [0.4, 0.5) is 5.13 Å². The van der Waals surface area contributed by atoms with Crippen LogP contribution in [-0.4, -0.2) is 51.9 Å². The summed E-state index contributed by atoms with van der Waals surface area (Å²) in [5.74, 6) is -0.205. The van der Waals surface area contributed by atoms with E-state index in [2.05, 4.69) is 20.3 Å². The van der Waals surface area contributed by atoms with Crippen LogP contribution < -0.4 is 10.9 Å². The molecular formula is C19H21N5O3S. The number of aryl methyl sites for hydroxylation is 1. The predicted molar refractivity (Wildman–Crippen MR) is 108 cm³/mol. The van der Waals surface area contributed by atoms with E-state index >= 15 is 0 Å². The van der Waals surface area contributed by atoms with Crippen molar-refractivity contribution in [1.82, 2.24) is 19.7 Å². The zero-order valence-corrected chi connectivity index (χ0v) is 16.4. The average Bonchev–Trinajstić information content (AvgIpc) is 3.13. The van der Waals surface area contributed by atoms with Crippen LogP contribution in [0.1, 0.15) is 11.4 Å². The number of carbonyl (C=O) groups is 1. The molecule has 146 valence electrons. The number of fused-ring (bicyclic) bond motifs is 1. The third-order valence-electron chi connectivity index (χ3n) is 4.65. The summed E-state index contributed by atoms with van der Waals surface area (Å²) in [6, 6.07) is 7.21. The van der Waals surface area contributed by atoms with E-state index in [4.69, 9.17) is 4.74 Å². The van der Waals surface area contributed by atoms with E-state index in [0.29, 0.717) is 21.6 Å². The monoisotopic (exact) mass is 399 g/mol. The van der Waals surface area contributed by atoms with Gasteiger partial charge in [0.25, 0.3) is 5.56 Å². The van der Waals surface area contributed by atoms with E-state index in [1.807, 2.05) is 17.5 Å². The molecule has 1 N–H and O–H groups in total. The largest absolute Gasteiger partial charge is 0.379 e. The zero-order valence-electron chi connectivity index (χ0n) is 15.6. The van der Waals surface area contributed by atoms with Gasteiger partial charge in [0.15, 0.2) is 5.13 Å². The number of nitrogens with one attached hydrogen (secondary N) is 1. The molecule has 28 heavy (non-hydrogen) atoms. The van der Waals surface area contributed by atoms with Gasteiger partial charge in [0.05, 0.1) is 36.4 Å². The fourth-order valence-electron chi connectivity index (χ4n) is 3.25. The first-order chi connectivity index (χ1) is 13.6. The third kappa shape index (κ3) is 4.11. The van der Waals surface area contributed by atoms with Crippen molar-refractivity contribution in [3.63, 3.8) is 0 Å². The number of nitrogens with zero attached hydrogens (tertiary/aromatic N) is 4. The molecule has 1 aliphatic rings. The summed E-state index contributed by atoms with van der Waals surface area (Å²) in [5.41, 5.74) is 1.33. The number of ether oxygens (including phenoxy) is 1. The average molecular weight is 399 g/mol. The number of morpholine rings is 1. The van der Waals surface area contributed by atoms with Crippen LogP contribution in [-0.2, 0) is 29.5 Å². The number of hydrogen-bond donors (Lipinski definition) is 1. The van der Waals surface area contributed by atoms with Gasteiger partial charge in [-0.3, -0.25) is 14.5 Å². The number of hydrogen-bond acceptors (Lipinski definition) is 7. The Hall–Kier alpha value is -2.62. The second-order valence-electron chi connectivity index (χ2n) is 6.68. The van der Waals surface area contributed by atoms with Crippen molar-refractivity contribution >= 4 is 33.1 Å². The van der Waals surface area contributed by atoms with E-state index in [9.17, 15) is 9.59 Å². The molecule has 8 nitrogen and oxygen atoms in total. The van der Waals surface area contributed by atoms with Crippen LogP contribution in [0, 0.1) is 0 Å². The highest BCUT2D eigenvalue weighted by Gasteiger charge is 2.15. The molecule has 0 saturated carbocycles. The number of amides is 1. The molecule has 0 bridgehead atoms. The number of rotatable bonds is 5. The normalized spacial score (nSPS) is 15.0. The molecule has 1 aliphatic heterocycles. The summed E-state index contributed by atoms with van der Waals surface area (Å²) >= 11 is 1.41. The second kappa shape index (κ2) is 8.17. The lowest BCUT2D eigenvalue weighted by atomic mass is 10.1. The highest BCUT2D eigenvalue weighted by Crippen LogP contribution is 2.19. The van der Waals surface area contributed by atoms with Gasteiger partial charge in [-0.2, -0.15) is 5.10 Å². The molecule has 2 aromatic heterocycles. The van der Waals surface area contributed by atoms with Crippen molar-refractivity contribution in [3.05, 3.63) is 51.4 Å². The van der Waals surface area contributed by atoms with Crippen molar-refractivity contribution < 1.29 is 9.53 Å². The van der Waals surface area contributed by atoms with Crippen LogP contribution in [0.5, 0.6) is 0 Å². The molecule has 4 rings (SSSR count). The van der Waals surface area contributed by atoms with Gasteiger partial charge in [-0.25, -0.2) is 9.67 Å². The Kier molecular flexibility index (Phi) is 5.47. The van der Waals surface area contributed by atoms with Crippen molar-refractivity contribution in [2.75, 3.05) is 31.6 Å². The molecule has 0 unspecified atom stereocenters. The highest BCUT2D eigenvalue weighted by atomic mass is 32.1. The maximum absolute atomic E-state index is 12.5. The van der Waals surface area contributed by atoms with Crippen LogP contribution in [0.3, 0.4) is 0 Å². The minimum atomic E-state index is -0.205. The summed E-state index contributed by atoms with van der Waals surface area (Å²) in [6.07, 6.45) is 0.0764. The molecule has 1 fully saturated rings. The molecule has 3 heterocycles. The molecule has 0 radical (unpaired) electrons. The van der Waals surface area contributed by atoms with Gasteiger partial charge in [-0.15, -0.1) is 11.3 Å². The molecular weight excluding hydrogens is 378 g/mol. The van der Waals surface area contributed by atoms with Crippen LogP contribution in [0.2, 0.25) is 0 Å². The summed E-state index contributed by atoms with van der Waals surface area (Å²) < 4.78 is 6.63. The van der Waals surface area contributed by atoms with Crippen molar-refractivity contribution in [3.8, 4) is 0 Å². The molecule has 0 aliphatic carbocycles. The van der Waals surface area contributed by atoms with Crippen molar-refractivity contribution in [1.29, 1.82) is 0 Å². The van der Waals surface area contributed by atoms with E-state index in [1.165, 1.54) is 16.0 Å². The Labute approximate surface area is 165 Å². The van der Waals surface area contributed by atoms with Gasteiger partial charge in [-0.1, -0.05) is 18.2 Å². The number of thiazole rings is 1. The fraction of sp³-hybridized carbons (Fsp3) is 0.368. The first kappa shape index (κ1) is 18.7. The zero-order chi connectivity index (χ0) is 19.5.